The molecule has 1 saturated heterocycles. The highest BCUT2D eigenvalue weighted by atomic mass is 16.7. The van der Waals surface area contributed by atoms with Crippen molar-refractivity contribution in [2.24, 2.45) is 0 Å². The molecule has 0 aromatic rings. The smallest absolute Gasteiger partial charge is 0.348 e. The van der Waals surface area contributed by atoms with Crippen LogP contribution in [0.4, 0.5) is 0 Å². The van der Waals surface area contributed by atoms with E-state index >= 15 is 0 Å². The van der Waals surface area contributed by atoms with Gasteiger partial charge in [0.15, 0.2) is 0 Å². The Morgan fingerprint density at radius 2 is 1.77 bits per heavy atom. The molecule has 0 radical (unpaired) electrons. The Kier molecular flexibility index (Phi) is 2.40. The second-order valence-electron chi connectivity index (χ2n) is 3.14. The Bertz CT molecular complexity index is 247. The molecule has 0 N–H and O–H groups in total. The highest BCUT2D eigenvalue weighted by Gasteiger charge is 2.40. The van der Waals surface area contributed by atoms with E-state index in [0.717, 1.165) is 6.42 Å². The first-order chi connectivity index (χ1) is 5.98. The molecule has 1 fully saturated rings. The maximum absolute atomic E-state index is 11.1. The number of hydrogen-bond acceptors (Lipinski definition) is 4. The van der Waals surface area contributed by atoms with Crippen LogP contribution < -0.4 is 0 Å². The Balaban J connectivity index is 2.79. The molecule has 13 heavy (non-hydrogen) atoms. The van der Waals surface area contributed by atoms with Crippen molar-refractivity contribution in [3.8, 4) is 0 Å². The van der Waals surface area contributed by atoms with Gasteiger partial charge in [-0.05, 0) is 6.42 Å². The molecular weight excluding hydrogens is 172 g/mol. The fourth-order valence-corrected chi connectivity index (χ4v) is 1.18. The molecule has 0 saturated carbocycles. The third kappa shape index (κ3) is 1.88. The molecule has 72 valence electrons. The maximum Gasteiger partial charge on any atom is 0.348 e. The highest BCUT2D eigenvalue weighted by molar-refractivity contribution is 6.14. The van der Waals surface area contributed by atoms with Gasteiger partial charge in [0.05, 0.1) is 0 Å². The lowest BCUT2D eigenvalue weighted by Crippen LogP contribution is -2.43. The Labute approximate surface area is 76.5 Å². The fraction of sp³-hybridized carbons (Fsp3) is 0.556. The van der Waals surface area contributed by atoms with Gasteiger partial charge in [0.2, 0.25) is 0 Å². The second kappa shape index (κ2) is 3.20. The third-order valence-corrected chi connectivity index (χ3v) is 1.81. The first-order valence-corrected chi connectivity index (χ1v) is 4.14. The first-order valence-electron chi connectivity index (χ1n) is 4.14. The normalized spacial score (nSPS) is 20.9. The summed E-state index contributed by atoms with van der Waals surface area (Å²) >= 11 is 0. The molecule has 0 aliphatic carbocycles. The summed E-state index contributed by atoms with van der Waals surface area (Å²) in [6.45, 7) is 6.73. The number of hydrogen-bond donors (Lipinski definition) is 0. The summed E-state index contributed by atoms with van der Waals surface area (Å²) in [7, 11) is 0. The first kappa shape index (κ1) is 9.77. The Hall–Kier alpha value is -1.32. The van der Waals surface area contributed by atoms with Gasteiger partial charge in [-0.2, -0.15) is 0 Å². The fourth-order valence-electron chi connectivity index (χ4n) is 1.18. The summed E-state index contributed by atoms with van der Waals surface area (Å²) in [5.74, 6) is -2.48. The minimum atomic E-state index is -1.11. The van der Waals surface area contributed by atoms with Crippen LogP contribution in [0.2, 0.25) is 0 Å². The average molecular weight is 184 g/mol. The number of esters is 2. The van der Waals surface area contributed by atoms with Crippen LogP contribution in [0.3, 0.4) is 0 Å². The van der Waals surface area contributed by atoms with Gasteiger partial charge < -0.3 is 9.47 Å². The van der Waals surface area contributed by atoms with Gasteiger partial charge in [-0.1, -0.05) is 13.5 Å². The summed E-state index contributed by atoms with van der Waals surface area (Å²) < 4.78 is 9.83. The molecule has 0 aromatic carbocycles. The minimum Gasteiger partial charge on any atom is -0.419 e. The van der Waals surface area contributed by atoms with Crippen LogP contribution in [0, 0.1) is 0 Å². The molecule has 4 heteroatoms. The largest absolute Gasteiger partial charge is 0.419 e. The molecule has 0 amide bonds. The number of carbonyl (C=O) groups excluding carboxylic acids is 2. The number of rotatable bonds is 2. The molecule has 4 nitrogen and oxygen atoms in total. The number of carbonyl (C=O) groups is 2. The molecular formula is C9H12O4. The number of ether oxygens (including phenoxy) is 2. The zero-order chi connectivity index (χ0) is 10.1. The summed E-state index contributed by atoms with van der Waals surface area (Å²) in [4.78, 5) is 22.1. The van der Waals surface area contributed by atoms with Crippen LogP contribution in [0.5, 0.6) is 0 Å². The predicted octanol–water partition coefficient (Wildman–Crippen LogP) is 1.16. The van der Waals surface area contributed by atoms with E-state index in [1.165, 1.54) is 0 Å². The lowest BCUT2D eigenvalue weighted by Gasteiger charge is -2.32. The summed E-state index contributed by atoms with van der Waals surface area (Å²) in [6, 6.07) is 0. The SMILES string of the molecule is C=C1C(=O)OC(C)(CCC)OC1=O. The molecule has 1 heterocycles. The molecule has 0 aromatic heterocycles. The van der Waals surface area contributed by atoms with Crippen molar-refractivity contribution in [1.29, 1.82) is 0 Å². The maximum atomic E-state index is 11.1. The van der Waals surface area contributed by atoms with Crippen LogP contribution in [-0.4, -0.2) is 17.7 Å². The van der Waals surface area contributed by atoms with Crippen molar-refractivity contribution in [3.63, 3.8) is 0 Å². The van der Waals surface area contributed by atoms with E-state index in [-0.39, 0.29) is 5.57 Å². The average Bonchev–Trinajstić information content (AvgIpc) is 2.00. The topological polar surface area (TPSA) is 52.6 Å². The van der Waals surface area contributed by atoms with Crippen molar-refractivity contribution >= 4 is 11.9 Å². The summed E-state index contributed by atoms with van der Waals surface area (Å²) in [5.41, 5.74) is -0.242. The van der Waals surface area contributed by atoms with E-state index in [1.54, 1.807) is 6.92 Å². The molecule has 1 aliphatic rings. The third-order valence-electron chi connectivity index (χ3n) is 1.81. The Morgan fingerprint density at radius 1 is 1.31 bits per heavy atom. The zero-order valence-electron chi connectivity index (χ0n) is 7.75. The van der Waals surface area contributed by atoms with Crippen LogP contribution in [-0.2, 0) is 19.1 Å². The summed E-state index contributed by atoms with van der Waals surface area (Å²) in [5, 5.41) is 0. The monoisotopic (exact) mass is 184 g/mol. The lowest BCUT2D eigenvalue weighted by molar-refractivity contribution is -0.230. The van der Waals surface area contributed by atoms with Gasteiger partial charge in [-0.25, -0.2) is 9.59 Å². The number of cyclic esters (lactones) is 2. The van der Waals surface area contributed by atoms with Gasteiger partial charge >= 0.3 is 11.9 Å². The van der Waals surface area contributed by atoms with Gasteiger partial charge in [0, 0.05) is 13.3 Å². The molecule has 0 spiro atoms. The van der Waals surface area contributed by atoms with Crippen LogP contribution in [0.1, 0.15) is 26.7 Å². The molecule has 0 bridgehead atoms. The van der Waals surface area contributed by atoms with Crippen molar-refractivity contribution in [3.05, 3.63) is 12.2 Å². The van der Waals surface area contributed by atoms with E-state index in [4.69, 9.17) is 9.47 Å². The predicted molar refractivity (Wildman–Crippen MR) is 44.6 cm³/mol. The standard InChI is InChI=1S/C9H12O4/c1-4-5-9(3)12-7(10)6(2)8(11)13-9/h2,4-5H2,1,3H3. The second-order valence-corrected chi connectivity index (χ2v) is 3.14. The van der Waals surface area contributed by atoms with Crippen molar-refractivity contribution in [1.82, 2.24) is 0 Å². The highest BCUT2D eigenvalue weighted by Crippen LogP contribution is 2.26. The Morgan fingerprint density at radius 3 is 2.15 bits per heavy atom. The zero-order valence-corrected chi connectivity index (χ0v) is 7.75. The van der Waals surface area contributed by atoms with Gasteiger partial charge in [-0.3, -0.25) is 0 Å². The molecule has 1 rings (SSSR count). The summed E-state index contributed by atoms with van der Waals surface area (Å²) in [6.07, 6.45) is 1.27. The van der Waals surface area contributed by atoms with E-state index in [9.17, 15) is 9.59 Å². The molecule has 0 atom stereocenters. The molecule has 1 aliphatic heterocycles. The van der Waals surface area contributed by atoms with Crippen LogP contribution in [0.15, 0.2) is 12.2 Å². The van der Waals surface area contributed by atoms with E-state index in [2.05, 4.69) is 6.58 Å². The van der Waals surface area contributed by atoms with E-state index in [0.29, 0.717) is 6.42 Å². The van der Waals surface area contributed by atoms with Crippen molar-refractivity contribution in [2.75, 3.05) is 0 Å². The van der Waals surface area contributed by atoms with Gasteiger partial charge in [0.25, 0.3) is 5.79 Å². The van der Waals surface area contributed by atoms with E-state index < -0.39 is 17.7 Å². The van der Waals surface area contributed by atoms with Crippen molar-refractivity contribution < 1.29 is 19.1 Å². The van der Waals surface area contributed by atoms with Gasteiger partial charge in [-0.15, -0.1) is 0 Å². The lowest BCUT2D eigenvalue weighted by atomic mass is 10.1. The molecule has 0 unspecified atom stereocenters. The van der Waals surface area contributed by atoms with E-state index in [1.807, 2.05) is 6.92 Å². The van der Waals surface area contributed by atoms with Crippen LogP contribution >= 0.6 is 0 Å². The van der Waals surface area contributed by atoms with Crippen LogP contribution in [0.25, 0.3) is 0 Å². The van der Waals surface area contributed by atoms with Crippen molar-refractivity contribution in [2.45, 2.75) is 32.5 Å². The van der Waals surface area contributed by atoms with Gasteiger partial charge in [0.1, 0.15) is 5.57 Å². The minimum absolute atomic E-state index is 0.242. The quantitative estimate of drug-likeness (QED) is 0.367.